The number of halogens is 1. The highest BCUT2D eigenvalue weighted by Crippen LogP contribution is 2.31. The van der Waals surface area contributed by atoms with Gasteiger partial charge in [-0.05, 0) is 50.4 Å². The number of amides is 3. The maximum Gasteiger partial charge on any atom is 0.322 e. The van der Waals surface area contributed by atoms with E-state index in [0.29, 0.717) is 30.7 Å². The first-order valence-corrected chi connectivity index (χ1v) is 8.84. The Balaban J connectivity index is 0.00000182. The Kier molecular flexibility index (Phi) is 5.20. The van der Waals surface area contributed by atoms with Crippen LogP contribution in [0.1, 0.15) is 35.2 Å². The average molecular weight is 365 g/mol. The summed E-state index contributed by atoms with van der Waals surface area (Å²) in [6.45, 7) is 5.15. The van der Waals surface area contributed by atoms with Gasteiger partial charge in [-0.25, -0.2) is 4.79 Å². The van der Waals surface area contributed by atoms with Crippen LogP contribution in [0.3, 0.4) is 0 Å². The van der Waals surface area contributed by atoms with Crippen molar-refractivity contribution in [2.45, 2.75) is 38.3 Å². The number of carbonyl (C=O) groups excluding carboxylic acids is 2. The lowest BCUT2D eigenvalue weighted by molar-refractivity contribution is 0.0680. The van der Waals surface area contributed by atoms with Crippen molar-refractivity contribution in [1.29, 1.82) is 0 Å². The van der Waals surface area contributed by atoms with Crippen LogP contribution in [-0.2, 0) is 0 Å². The Bertz CT molecular complexity index is 667. The first-order chi connectivity index (χ1) is 11.6. The largest absolute Gasteiger partial charge is 0.336 e. The van der Waals surface area contributed by atoms with Crippen molar-refractivity contribution >= 4 is 30.0 Å². The van der Waals surface area contributed by atoms with Crippen LogP contribution in [0.5, 0.6) is 0 Å². The quantitative estimate of drug-likeness (QED) is 0.842. The molecule has 0 radical (unpaired) electrons. The van der Waals surface area contributed by atoms with Crippen LogP contribution in [0.15, 0.2) is 18.2 Å². The second kappa shape index (κ2) is 7.22. The second-order valence-corrected chi connectivity index (χ2v) is 6.98. The predicted molar refractivity (Wildman–Crippen MR) is 99.6 cm³/mol. The molecule has 7 heteroatoms. The van der Waals surface area contributed by atoms with Gasteiger partial charge < -0.3 is 15.5 Å². The van der Waals surface area contributed by atoms with E-state index in [9.17, 15) is 9.59 Å². The van der Waals surface area contributed by atoms with Gasteiger partial charge in [0.05, 0.1) is 0 Å². The molecule has 3 aliphatic rings. The average Bonchev–Trinajstić information content (AvgIpc) is 3.09. The number of rotatable bonds is 2. The summed E-state index contributed by atoms with van der Waals surface area (Å²) in [5.41, 5.74) is 2.55. The fourth-order valence-electron chi connectivity index (χ4n) is 4.20. The summed E-state index contributed by atoms with van der Waals surface area (Å²) >= 11 is 0. The van der Waals surface area contributed by atoms with Gasteiger partial charge in [0, 0.05) is 43.0 Å². The predicted octanol–water partition coefficient (Wildman–Crippen LogP) is 1.91. The molecule has 136 valence electrons. The number of aryl methyl sites for hydroxylation is 1. The third-order valence-corrected chi connectivity index (χ3v) is 5.49. The topological polar surface area (TPSA) is 64.7 Å². The molecule has 2 atom stereocenters. The van der Waals surface area contributed by atoms with Crippen LogP contribution in [0.25, 0.3) is 0 Å². The highest BCUT2D eigenvalue weighted by atomic mass is 35.5. The molecule has 3 amide bonds. The molecule has 4 rings (SSSR count). The van der Waals surface area contributed by atoms with E-state index in [4.69, 9.17) is 0 Å². The number of nitrogens with one attached hydrogen (secondary N) is 2. The van der Waals surface area contributed by atoms with Crippen LogP contribution in [0.4, 0.5) is 10.5 Å². The summed E-state index contributed by atoms with van der Waals surface area (Å²) in [5.74, 6) is 0.104. The Hall–Kier alpha value is -1.79. The molecule has 25 heavy (non-hydrogen) atoms. The minimum Gasteiger partial charge on any atom is -0.336 e. The van der Waals surface area contributed by atoms with Gasteiger partial charge in [0.2, 0.25) is 0 Å². The fourth-order valence-corrected chi connectivity index (χ4v) is 4.20. The Morgan fingerprint density at radius 1 is 1.16 bits per heavy atom. The smallest absolute Gasteiger partial charge is 0.322 e. The zero-order chi connectivity index (χ0) is 16.7. The van der Waals surface area contributed by atoms with E-state index in [1.807, 2.05) is 25.1 Å². The van der Waals surface area contributed by atoms with Crippen molar-refractivity contribution in [3.05, 3.63) is 29.3 Å². The number of nitrogens with zero attached hydrogens (tertiary/aromatic N) is 2. The molecular formula is C18H25ClN4O2. The van der Waals surface area contributed by atoms with Crippen molar-refractivity contribution in [2.24, 2.45) is 0 Å². The summed E-state index contributed by atoms with van der Waals surface area (Å²) in [6, 6.07) is 6.29. The highest BCUT2D eigenvalue weighted by molar-refractivity contribution is 5.99. The van der Waals surface area contributed by atoms with Crippen molar-refractivity contribution in [2.75, 3.05) is 31.1 Å². The molecule has 6 nitrogen and oxygen atoms in total. The van der Waals surface area contributed by atoms with E-state index in [1.165, 1.54) is 0 Å². The van der Waals surface area contributed by atoms with Crippen molar-refractivity contribution in [1.82, 2.24) is 15.5 Å². The van der Waals surface area contributed by atoms with Gasteiger partial charge in [0.15, 0.2) is 0 Å². The van der Waals surface area contributed by atoms with Gasteiger partial charge in [-0.1, -0.05) is 6.07 Å². The zero-order valence-electron chi connectivity index (χ0n) is 14.5. The zero-order valence-corrected chi connectivity index (χ0v) is 15.3. The normalized spacial score (nSPS) is 25.4. The summed E-state index contributed by atoms with van der Waals surface area (Å²) in [7, 11) is 0. The first-order valence-electron chi connectivity index (χ1n) is 8.84. The minimum absolute atomic E-state index is 0. The summed E-state index contributed by atoms with van der Waals surface area (Å²) in [6.07, 6.45) is 3.21. The van der Waals surface area contributed by atoms with Crippen LogP contribution >= 0.6 is 12.4 Å². The molecule has 0 aliphatic carbocycles. The monoisotopic (exact) mass is 364 g/mol. The summed E-state index contributed by atoms with van der Waals surface area (Å²) < 4.78 is 0. The Morgan fingerprint density at radius 2 is 1.96 bits per heavy atom. The second-order valence-electron chi connectivity index (χ2n) is 6.98. The van der Waals surface area contributed by atoms with Gasteiger partial charge in [0.1, 0.15) is 0 Å². The van der Waals surface area contributed by atoms with E-state index in [1.54, 1.807) is 4.90 Å². The molecular weight excluding hydrogens is 340 g/mol. The molecule has 0 saturated carbocycles. The lowest BCUT2D eigenvalue weighted by atomic mass is 10.1. The molecule has 0 spiro atoms. The molecule has 0 aromatic heterocycles. The molecule has 1 aromatic carbocycles. The van der Waals surface area contributed by atoms with Crippen molar-refractivity contribution in [3.63, 3.8) is 0 Å². The van der Waals surface area contributed by atoms with E-state index >= 15 is 0 Å². The first kappa shape index (κ1) is 18.0. The minimum atomic E-state index is -0.0817. The van der Waals surface area contributed by atoms with Gasteiger partial charge in [0.25, 0.3) is 5.91 Å². The van der Waals surface area contributed by atoms with Crippen LogP contribution < -0.4 is 15.5 Å². The maximum absolute atomic E-state index is 13.2. The third kappa shape index (κ3) is 3.20. The standard InChI is InChI=1S/C18H24N4O2.ClH/c1-12-2-3-13(10-16(12)21-9-8-20-18(21)24)17(23)22-14-4-5-15(22)11-19-7-6-14;/h2-3,10,14-15,19H,4-9,11H2,1H3,(H,20,24);1H/t14-,15+;/m1./s1. The number of carbonyl (C=O) groups is 2. The number of benzene rings is 1. The Labute approximate surface area is 154 Å². The van der Waals surface area contributed by atoms with Gasteiger partial charge in [-0.15, -0.1) is 12.4 Å². The molecule has 1 aromatic rings. The van der Waals surface area contributed by atoms with Gasteiger partial charge in [-0.3, -0.25) is 9.69 Å². The Morgan fingerprint density at radius 3 is 2.72 bits per heavy atom. The van der Waals surface area contributed by atoms with Crippen molar-refractivity contribution < 1.29 is 9.59 Å². The molecule has 3 fully saturated rings. The fraction of sp³-hybridized carbons (Fsp3) is 0.556. The van der Waals surface area contributed by atoms with E-state index in [-0.39, 0.29) is 24.3 Å². The number of fused-ring (bicyclic) bond motifs is 2. The molecule has 2 N–H and O–H groups in total. The number of hydrogen-bond donors (Lipinski definition) is 2. The highest BCUT2D eigenvalue weighted by Gasteiger charge is 2.38. The van der Waals surface area contributed by atoms with Gasteiger partial charge >= 0.3 is 6.03 Å². The van der Waals surface area contributed by atoms with Crippen molar-refractivity contribution in [3.8, 4) is 0 Å². The SMILES string of the molecule is Cc1ccc(C(=O)N2[C@H]3CCNC[C@@H]2CC3)cc1N1CCNC1=O.Cl. The summed E-state index contributed by atoms with van der Waals surface area (Å²) in [5, 5.41) is 6.25. The number of anilines is 1. The van der Waals surface area contributed by atoms with Crippen LogP contribution in [-0.4, -0.2) is 55.1 Å². The molecule has 0 unspecified atom stereocenters. The van der Waals surface area contributed by atoms with Gasteiger partial charge in [-0.2, -0.15) is 0 Å². The molecule has 3 heterocycles. The number of hydrogen-bond acceptors (Lipinski definition) is 3. The third-order valence-electron chi connectivity index (χ3n) is 5.49. The van der Waals surface area contributed by atoms with Crippen LogP contribution in [0.2, 0.25) is 0 Å². The lowest BCUT2D eigenvalue weighted by Crippen LogP contribution is -2.42. The van der Waals surface area contributed by atoms with E-state index < -0.39 is 0 Å². The maximum atomic E-state index is 13.2. The molecule has 3 aliphatic heterocycles. The number of urea groups is 1. The molecule has 2 bridgehead atoms. The van der Waals surface area contributed by atoms with E-state index in [2.05, 4.69) is 15.5 Å². The van der Waals surface area contributed by atoms with Crippen LogP contribution in [0, 0.1) is 6.92 Å². The van der Waals surface area contributed by atoms with E-state index in [0.717, 1.165) is 43.6 Å². The summed E-state index contributed by atoms with van der Waals surface area (Å²) in [4.78, 5) is 28.9. The lowest BCUT2D eigenvalue weighted by Gasteiger charge is -2.28. The molecule has 3 saturated heterocycles.